The van der Waals surface area contributed by atoms with Gasteiger partial charge in [-0.2, -0.15) is 0 Å². The third kappa shape index (κ3) is 6.08. The minimum Gasteiger partial charge on any atom is -0.202 e. The van der Waals surface area contributed by atoms with Gasteiger partial charge in [0.15, 0.2) is 0 Å². The molecule has 0 unspecified atom stereocenters. The first-order chi connectivity index (χ1) is 5.48. The molecule has 0 aromatic carbocycles. The Kier molecular flexibility index (Phi) is 4.79. The van der Waals surface area contributed by atoms with Crippen LogP contribution in [-0.4, -0.2) is 5.92 Å². The Bertz CT molecular complexity index is 165. The van der Waals surface area contributed by atoms with Crippen LogP contribution in [-0.2, 0) is 0 Å². The average Bonchev–Trinajstić information content (AvgIpc) is 1.98. The van der Waals surface area contributed by atoms with Gasteiger partial charge in [0.1, 0.15) is 0 Å². The van der Waals surface area contributed by atoms with Gasteiger partial charge in [0, 0.05) is 6.42 Å². The molecule has 1 radical (unpaired) electrons. The first kappa shape index (κ1) is 11.3. The molecule has 0 heterocycles. The van der Waals surface area contributed by atoms with Gasteiger partial charge in [-0.3, -0.25) is 0 Å². The number of allylic oxidation sites excluding steroid dienone is 3. The van der Waals surface area contributed by atoms with Crippen LogP contribution in [0.15, 0.2) is 17.7 Å². The van der Waals surface area contributed by atoms with Gasteiger partial charge in [0.05, 0.1) is 0 Å². The molecule has 0 atom stereocenters. The van der Waals surface area contributed by atoms with E-state index < -0.39 is 5.92 Å². The molecule has 0 aliphatic rings. The third-order valence-corrected chi connectivity index (χ3v) is 1.51. The first-order valence-electron chi connectivity index (χ1n) is 4.05. The molecule has 0 saturated carbocycles. The third-order valence-electron chi connectivity index (χ3n) is 1.51. The Hall–Kier alpha value is -0.660. The lowest BCUT2D eigenvalue weighted by atomic mass is 10.1. The molecule has 69 valence electrons. The summed E-state index contributed by atoms with van der Waals surface area (Å²) < 4.78 is 25.0. The molecule has 0 nitrogen and oxygen atoms in total. The zero-order valence-corrected chi connectivity index (χ0v) is 7.61. The van der Waals surface area contributed by atoms with E-state index in [9.17, 15) is 8.78 Å². The summed E-state index contributed by atoms with van der Waals surface area (Å²) in [5.41, 5.74) is 1.16. The van der Waals surface area contributed by atoms with E-state index in [1.54, 1.807) is 0 Å². The standard InChI is InChI=1S/C10H15F2/c1-4-10(11,12)8-6-5-7-9(2)3/h1,4,7H,5-6,8H2,2-3H3. The van der Waals surface area contributed by atoms with Crippen molar-refractivity contribution < 1.29 is 8.78 Å². The molecule has 0 fully saturated rings. The summed E-state index contributed by atoms with van der Waals surface area (Å²) in [5, 5.41) is 0. The predicted octanol–water partition coefficient (Wildman–Crippen LogP) is 3.75. The van der Waals surface area contributed by atoms with Crippen molar-refractivity contribution in [3.8, 4) is 0 Å². The largest absolute Gasteiger partial charge is 0.266 e. The molecule has 0 aliphatic carbocycles. The van der Waals surface area contributed by atoms with Gasteiger partial charge in [-0.05, 0) is 32.8 Å². The molecule has 0 aliphatic heterocycles. The minimum atomic E-state index is -2.80. The summed E-state index contributed by atoms with van der Waals surface area (Å²) in [5.74, 6) is -2.80. The number of hydrogen-bond acceptors (Lipinski definition) is 0. The van der Waals surface area contributed by atoms with Crippen LogP contribution >= 0.6 is 0 Å². The lowest BCUT2D eigenvalue weighted by Crippen LogP contribution is -2.10. The van der Waals surface area contributed by atoms with Crippen molar-refractivity contribution >= 4 is 0 Å². The van der Waals surface area contributed by atoms with E-state index in [1.807, 2.05) is 19.9 Å². The Morgan fingerprint density at radius 1 is 1.42 bits per heavy atom. The summed E-state index contributed by atoms with van der Waals surface area (Å²) in [4.78, 5) is 0. The lowest BCUT2D eigenvalue weighted by molar-refractivity contribution is 0.0438. The van der Waals surface area contributed by atoms with Crippen molar-refractivity contribution in [3.63, 3.8) is 0 Å². The van der Waals surface area contributed by atoms with Crippen molar-refractivity contribution in [3.05, 3.63) is 24.3 Å². The number of hydrogen-bond donors (Lipinski definition) is 0. The molecule has 12 heavy (non-hydrogen) atoms. The minimum absolute atomic E-state index is 0.159. The second-order valence-corrected chi connectivity index (χ2v) is 3.10. The molecule has 0 spiro atoms. The molecule has 0 rings (SSSR count). The highest BCUT2D eigenvalue weighted by Gasteiger charge is 2.22. The van der Waals surface area contributed by atoms with Gasteiger partial charge in [-0.25, -0.2) is 8.78 Å². The van der Waals surface area contributed by atoms with Gasteiger partial charge in [-0.1, -0.05) is 18.2 Å². The van der Waals surface area contributed by atoms with Crippen molar-refractivity contribution in [2.75, 3.05) is 0 Å². The number of unbranched alkanes of at least 4 members (excludes halogenated alkanes) is 1. The number of rotatable bonds is 5. The van der Waals surface area contributed by atoms with Gasteiger partial charge in [-0.15, -0.1) is 0 Å². The van der Waals surface area contributed by atoms with E-state index in [-0.39, 0.29) is 6.42 Å². The summed E-state index contributed by atoms with van der Waals surface area (Å²) >= 11 is 0. The van der Waals surface area contributed by atoms with Crippen molar-refractivity contribution in [2.45, 2.75) is 39.0 Å². The van der Waals surface area contributed by atoms with Crippen LogP contribution in [0.1, 0.15) is 33.1 Å². The fourth-order valence-electron chi connectivity index (χ4n) is 0.812. The van der Waals surface area contributed by atoms with Gasteiger partial charge in [0.2, 0.25) is 0 Å². The smallest absolute Gasteiger partial charge is 0.202 e. The summed E-state index contributed by atoms with van der Waals surface area (Å²) in [6, 6.07) is 0. The van der Waals surface area contributed by atoms with Crippen LogP contribution in [0.25, 0.3) is 0 Å². The zero-order chi connectivity index (χ0) is 9.61. The lowest BCUT2D eigenvalue weighted by Gasteiger charge is -2.08. The highest BCUT2D eigenvalue weighted by Crippen LogP contribution is 2.22. The Balaban J connectivity index is 3.57. The van der Waals surface area contributed by atoms with Gasteiger partial charge in [0.25, 0.3) is 5.92 Å². The van der Waals surface area contributed by atoms with E-state index in [0.29, 0.717) is 18.9 Å². The molecule has 0 saturated heterocycles. The maximum atomic E-state index is 12.5. The summed E-state index contributed by atoms with van der Waals surface area (Å²) in [6.07, 6.45) is 3.44. The van der Waals surface area contributed by atoms with Gasteiger partial charge < -0.3 is 0 Å². The van der Waals surface area contributed by atoms with Crippen LogP contribution < -0.4 is 0 Å². The normalized spacial score (nSPS) is 11.0. The highest BCUT2D eigenvalue weighted by atomic mass is 19.3. The second kappa shape index (κ2) is 5.07. The Morgan fingerprint density at radius 3 is 2.42 bits per heavy atom. The monoisotopic (exact) mass is 173 g/mol. The molecule has 0 N–H and O–H groups in total. The van der Waals surface area contributed by atoms with E-state index >= 15 is 0 Å². The van der Waals surface area contributed by atoms with Crippen molar-refractivity contribution in [1.82, 2.24) is 0 Å². The van der Waals surface area contributed by atoms with Crippen LogP contribution in [0.3, 0.4) is 0 Å². The molecular formula is C10H15F2. The van der Waals surface area contributed by atoms with Crippen molar-refractivity contribution in [1.29, 1.82) is 0 Å². The molecule has 0 aromatic rings. The topological polar surface area (TPSA) is 0 Å². The van der Waals surface area contributed by atoms with Crippen LogP contribution in [0.4, 0.5) is 8.78 Å². The maximum absolute atomic E-state index is 12.5. The quantitative estimate of drug-likeness (QED) is 0.438. The summed E-state index contributed by atoms with van der Waals surface area (Å²) in [7, 11) is 0. The van der Waals surface area contributed by atoms with E-state index in [2.05, 4.69) is 0 Å². The number of alkyl halides is 2. The molecule has 0 bridgehead atoms. The predicted molar refractivity (Wildman–Crippen MR) is 47.1 cm³/mol. The molecule has 2 heteroatoms. The van der Waals surface area contributed by atoms with E-state index in [4.69, 9.17) is 6.58 Å². The highest BCUT2D eigenvalue weighted by molar-refractivity contribution is 4.93. The van der Waals surface area contributed by atoms with E-state index in [1.165, 1.54) is 0 Å². The fourth-order valence-corrected chi connectivity index (χ4v) is 0.812. The molecule has 0 aromatic heterocycles. The average molecular weight is 173 g/mol. The van der Waals surface area contributed by atoms with E-state index in [0.717, 1.165) is 5.57 Å². The Labute approximate surface area is 73.0 Å². The van der Waals surface area contributed by atoms with Crippen LogP contribution in [0.5, 0.6) is 0 Å². The number of halogens is 2. The Morgan fingerprint density at radius 2 is 2.00 bits per heavy atom. The first-order valence-corrected chi connectivity index (χ1v) is 4.05. The molecule has 0 amide bonds. The second-order valence-electron chi connectivity index (χ2n) is 3.10. The SMILES string of the molecule is [CH]=CC(F)(F)CCCC=C(C)C. The van der Waals surface area contributed by atoms with Gasteiger partial charge >= 0.3 is 0 Å². The summed E-state index contributed by atoms with van der Waals surface area (Å²) in [6.45, 7) is 8.66. The maximum Gasteiger partial charge on any atom is 0.266 e. The van der Waals surface area contributed by atoms with Crippen LogP contribution in [0, 0.1) is 6.58 Å². The fraction of sp³-hybridized carbons (Fsp3) is 0.600. The van der Waals surface area contributed by atoms with Crippen LogP contribution in [0.2, 0.25) is 0 Å². The molecular weight excluding hydrogens is 158 g/mol. The zero-order valence-electron chi connectivity index (χ0n) is 7.61. The van der Waals surface area contributed by atoms with Crippen molar-refractivity contribution in [2.24, 2.45) is 0 Å².